The summed E-state index contributed by atoms with van der Waals surface area (Å²) in [5.41, 5.74) is 0.638. The van der Waals surface area contributed by atoms with Crippen molar-refractivity contribution in [3.63, 3.8) is 0 Å². The van der Waals surface area contributed by atoms with E-state index in [9.17, 15) is 10.1 Å². The summed E-state index contributed by atoms with van der Waals surface area (Å²) in [5, 5.41) is 19.4. The zero-order valence-corrected chi connectivity index (χ0v) is 9.35. The Morgan fingerprint density at radius 2 is 2.31 bits per heavy atom. The van der Waals surface area contributed by atoms with Crippen molar-refractivity contribution in [2.45, 2.75) is 6.42 Å². The van der Waals surface area contributed by atoms with Gasteiger partial charge in [0.05, 0.1) is 4.92 Å². The number of nitro groups is 1. The van der Waals surface area contributed by atoms with Crippen LogP contribution < -0.4 is 0 Å². The van der Waals surface area contributed by atoms with Crippen LogP contribution in [0.4, 0.5) is 5.69 Å². The van der Waals surface area contributed by atoms with Gasteiger partial charge in [0.1, 0.15) is 11.6 Å². The van der Waals surface area contributed by atoms with Crippen LogP contribution in [-0.4, -0.2) is 10.7 Å². The van der Waals surface area contributed by atoms with E-state index in [1.165, 1.54) is 12.1 Å². The summed E-state index contributed by atoms with van der Waals surface area (Å²) in [6.45, 7) is 0. The molecule has 0 N–H and O–H groups in total. The average molecular weight is 234 g/mol. The third kappa shape index (κ3) is 3.11. The third-order valence-corrected chi connectivity index (χ3v) is 2.20. The molecule has 0 saturated carbocycles. The summed E-state index contributed by atoms with van der Waals surface area (Å²) < 4.78 is 0. The minimum absolute atomic E-state index is 0.0799. The van der Waals surface area contributed by atoms with Gasteiger partial charge in [-0.1, -0.05) is 18.2 Å². The summed E-state index contributed by atoms with van der Waals surface area (Å²) >= 11 is 4.05. The first-order valence-electron chi connectivity index (χ1n) is 4.65. The Morgan fingerprint density at radius 3 is 2.88 bits per heavy atom. The Bertz CT molecular complexity index is 464. The van der Waals surface area contributed by atoms with E-state index >= 15 is 0 Å². The lowest BCUT2D eigenvalue weighted by molar-refractivity contribution is -0.385. The highest BCUT2D eigenvalue weighted by molar-refractivity contribution is 7.80. The Labute approximate surface area is 98.8 Å². The zero-order chi connectivity index (χ0) is 12.0. The number of rotatable bonds is 4. The van der Waals surface area contributed by atoms with Crippen molar-refractivity contribution in [3.8, 4) is 6.07 Å². The van der Waals surface area contributed by atoms with Crippen LogP contribution in [0.1, 0.15) is 17.5 Å². The second-order valence-corrected chi connectivity index (χ2v) is 3.51. The van der Waals surface area contributed by atoms with Crippen molar-refractivity contribution in [3.05, 3.63) is 45.5 Å². The highest BCUT2D eigenvalue weighted by Crippen LogP contribution is 2.20. The monoisotopic (exact) mass is 234 g/mol. The normalized spacial score (nSPS) is 10.2. The second kappa shape index (κ2) is 5.93. The van der Waals surface area contributed by atoms with Gasteiger partial charge in [-0.05, 0) is 23.8 Å². The predicted octanol–water partition coefficient (Wildman–Crippen LogP) is 2.80. The largest absolute Gasteiger partial charge is 0.287 e. The van der Waals surface area contributed by atoms with Crippen LogP contribution in [0.3, 0.4) is 0 Å². The van der Waals surface area contributed by atoms with Crippen LogP contribution >= 0.6 is 12.6 Å². The van der Waals surface area contributed by atoms with Crippen molar-refractivity contribution in [2.75, 3.05) is 5.75 Å². The first kappa shape index (κ1) is 12.3. The molecule has 0 fully saturated rings. The van der Waals surface area contributed by atoms with Gasteiger partial charge < -0.3 is 0 Å². The van der Waals surface area contributed by atoms with Crippen molar-refractivity contribution in [1.29, 1.82) is 5.26 Å². The maximum Gasteiger partial charge on any atom is 0.287 e. The molecule has 0 saturated heterocycles. The number of thiol groups is 1. The maximum absolute atomic E-state index is 10.7. The summed E-state index contributed by atoms with van der Waals surface area (Å²) in [6, 6.07) is 6.33. The third-order valence-electron chi connectivity index (χ3n) is 1.95. The lowest BCUT2D eigenvalue weighted by Gasteiger charge is -1.96. The van der Waals surface area contributed by atoms with Crippen molar-refractivity contribution >= 4 is 24.4 Å². The quantitative estimate of drug-likeness (QED) is 0.495. The van der Waals surface area contributed by atoms with Gasteiger partial charge in [0.15, 0.2) is 0 Å². The fourth-order valence-electron chi connectivity index (χ4n) is 1.19. The minimum atomic E-state index is -0.547. The molecule has 1 aromatic rings. The first-order valence-corrected chi connectivity index (χ1v) is 5.28. The van der Waals surface area contributed by atoms with Crippen molar-refractivity contribution in [1.82, 2.24) is 0 Å². The summed E-state index contributed by atoms with van der Waals surface area (Å²) in [4.78, 5) is 10.1. The predicted molar refractivity (Wildman–Crippen MR) is 65.3 cm³/mol. The number of nitro benzene ring substituents is 1. The number of hydrogen-bond donors (Lipinski definition) is 1. The highest BCUT2D eigenvalue weighted by Gasteiger charge is 2.12. The molecule has 5 heteroatoms. The maximum atomic E-state index is 10.7. The Kier molecular flexibility index (Phi) is 4.55. The van der Waals surface area contributed by atoms with Gasteiger partial charge in [0.2, 0.25) is 0 Å². The molecule has 0 bridgehead atoms. The molecule has 0 aromatic heterocycles. The molecule has 0 spiro atoms. The van der Waals surface area contributed by atoms with E-state index in [1.807, 2.05) is 6.08 Å². The number of hydrogen-bond acceptors (Lipinski definition) is 4. The van der Waals surface area contributed by atoms with E-state index in [2.05, 4.69) is 12.6 Å². The molecular weight excluding hydrogens is 224 g/mol. The molecule has 0 unspecified atom stereocenters. The summed E-state index contributed by atoms with van der Waals surface area (Å²) in [6.07, 6.45) is 4.47. The smallest absolute Gasteiger partial charge is 0.258 e. The molecule has 0 radical (unpaired) electrons. The Hall–Kier alpha value is -1.80. The van der Waals surface area contributed by atoms with Crippen molar-refractivity contribution in [2.24, 2.45) is 0 Å². The fourth-order valence-corrected chi connectivity index (χ4v) is 1.34. The van der Waals surface area contributed by atoms with E-state index in [1.54, 1.807) is 18.2 Å². The topological polar surface area (TPSA) is 66.9 Å². The molecule has 1 aromatic carbocycles. The highest BCUT2D eigenvalue weighted by atomic mass is 32.1. The fraction of sp³-hybridized carbons (Fsp3) is 0.182. The van der Waals surface area contributed by atoms with Gasteiger partial charge in [0.25, 0.3) is 5.69 Å². The molecule has 0 amide bonds. The van der Waals surface area contributed by atoms with Gasteiger partial charge in [-0.2, -0.15) is 17.9 Å². The van der Waals surface area contributed by atoms with Gasteiger partial charge >= 0.3 is 0 Å². The SMILES string of the molecule is N#Cc1ccc(C=CCCS)cc1[N+](=O)[O-]. The summed E-state index contributed by atoms with van der Waals surface area (Å²) in [5.74, 6) is 0.731. The van der Waals surface area contributed by atoms with Crippen LogP contribution in [0, 0.1) is 21.4 Å². The lowest BCUT2D eigenvalue weighted by Crippen LogP contribution is -1.92. The molecule has 0 atom stereocenters. The molecule has 4 nitrogen and oxygen atoms in total. The zero-order valence-electron chi connectivity index (χ0n) is 8.46. The number of nitrogens with zero attached hydrogens (tertiary/aromatic N) is 2. The lowest BCUT2D eigenvalue weighted by atomic mass is 10.1. The van der Waals surface area contributed by atoms with E-state index in [0.29, 0.717) is 5.56 Å². The van der Waals surface area contributed by atoms with E-state index in [-0.39, 0.29) is 11.3 Å². The van der Waals surface area contributed by atoms with Crippen LogP contribution in [0.15, 0.2) is 24.3 Å². The molecule has 0 aliphatic carbocycles. The first-order chi connectivity index (χ1) is 7.69. The molecule has 1 rings (SSSR count). The number of nitriles is 1. The minimum Gasteiger partial charge on any atom is -0.258 e. The Morgan fingerprint density at radius 1 is 1.56 bits per heavy atom. The van der Waals surface area contributed by atoms with Gasteiger partial charge in [-0.25, -0.2) is 0 Å². The standard InChI is InChI=1S/C11H10N2O2S/c12-8-10-5-4-9(3-1-2-6-16)7-11(10)13(14)15/h1,3-5,7,16H,2,6H2. The second-order valence-electron chi connectivity index (χ2n) is 3.06. The van der Waals surface area contributed by atoms with Crippen LogP contribution in [0.5, 0.6) is 0 Å². The molecule has 16 heavy (non-hydrogen) atoms. The molecule has 0 heterocycles. The van der Waals surface area contributed by atoms with Crippen LogP contribution in [0.2, 0.25) is 0 Å². The number of allylic oxidation sites excluding steroid dienone is 1. The van der Waals surface area contributed by atoms with Gasteiger partial charge in [-0.15, -0.1) is 0 Å². The molecule has 0 aliphatic heterocycles. The van der Waals surface area contributed by atoms with E-state index in [4.69, 9.17) is 5.26 Å². The van der Waals surface area contributed by atoms with Crippen LogP contribution in [0.25, 0.3) is 6.08 Å². The van der Waals surface area contributed by atoms with E-state index < -0.39 is 4.92 Å². The van der Waals surface area contributed by atoms with Crippen LogP contribution in [-0.2, 0) is 0 Å². The molecule has 82 valence electrons. The van der Waals surface area contributed by atoms with Crippen molar-refractivity contribution < 1.29 is 4.92 Å². The van der Waals surface area contributed by atoms with Gasteiger partial charge in [0, 0.05) is 6.07 Å². The number of benzene rings is 1. The van der Waals surface area contributed by atoms with E-state index in [0.717, 1.165) is 12.2 Å². The Balaban J connectivity index is 3.04. The average Bonchev–Trinajstić information content (AvgIpc) is 2.29. The van der Waals surface area contributed by atoms with Gasteiger partial charge in [-0.3, -0.25) is 10.1 Å². The summed E-state index contributed by atoms with van der Waals surface area (Å²) in [7, 11) is 0. The molecule has 0 aliphatic rings. The molecular formula is C11H10N2O2S.